The van der Waals surface area contributed by atoms with Crippen molar-refractivity contribution in [1.82, 2.24) is 14.7 Å². The number of aryl methyl sites for hydroxylation is 2. The lowest BCUT2D eigenvalue weighted by molar-refractivity contribution is 0.193. The number of aromatic nitrogens is 2. The first kappa shape index (κ1) is 17.9. The van der Waals surface area contributed by atoms with Gasteiger partial charge in [0, 0.05) is 23.2 Å². The van der Waals surface area contributed by atoms with Crippen LogP contribution in [0, 0.1) is 17.8 Å². The first-order valence-electron chi connectivity index (χ1n) is 8.80. The molecule has 0 spiro atoms. The minimum absolute atomic E-state index is 0.495. The van der Waals surface area contributed by atoms with Crippen molar-refractivity contribution < 1.29 is 0 Å². The molecule has 1 fully saturated rings. The molecule has 3 heterocycles. The maximum absolute atomic E-state index is 5.56. The van der Waals surface area contributed by atoms with E-state index in [0.717, 1.165) is 28.0 Å². The zero-order valence-corrected chi connectivity index (χ0v) is 17.4. The number of likely N-dealkylation sites (tertiary alicyclic amines) is 1. The number of nitrogens with zero attached hydrogens (tertiary/aromatic N) is 3. The van der Waals surface area contributed by atoms with E-state index in [4.69, 9.17) is 17.3 Å². The van der Waals surface area contributed by atoms with Crippen LogP contribution in [0.25, 0.3) is 0 Å². The van der Waals surface area contributed by atoms with Gasteiger partial charge in [-0.25, -0.2) is 4.68 Å². The van der Waals surface area contributed by atoms with Gasteiger partial charge in [0.15, 0.2) is 3.95 Å². The van der Waals surface area contributed by atoms with Crippen LogP contribution in [0.15, 0.2) is 35.7 Å². The van der Waals surface area contributed by atoms with Crippen molar-refractivity contribution in [2.75, 3.05) is 11.9 Å². The SMILES string of the molecule is Cc1ccc(Nc2nn(CN3CCC[C@H]3c3cccs3)c(=S)s2)cc1C. The van der Waals surface area contributed by atoms with Gasteiger partial charge in [-0.2, -0.15) is 0 Å². The highest BCUT2D eigenvalue weighted by molar-refractivity contribution is 7.73. The van der Waals surface area contributed by atoms with Crippen molar-refractivity contribution >= 4 is 45.7 Å². The summed E-state index contributed by atoms with van der Waals surface area (Å²) in [5.41, 5.74) is 3.62. The summed E-state index contributed by atoms with van der Waals surface area (Å²) >= 11 is 8.94. The Bertz CT molecular complexity index is 942. The molecule has 7 heteroatoms. The predicted octanol–water partition coefficient (Wildman–Crippen LogP) is 5.89. The molecule has 0 radical (unpaired) electrons. The van der Waals surface area contributed by atoms with E-state index >= 15 is 0 Å². The van der Waals surface area contributed by atoms with Gasteiger partial charge in [0.25, 0.3) is 0 Å². The quantitative estimate of drug-likeness (QED) is 0.539. The first-order chi connectivity index (χ1) is 12.6. The molecule has 1 aliphatic heterocycles. The van der Waals surface area contributed by atoms with Crippen molar-refractivity contribution in [2.45, 2.75) is 39.4 Å². The van der Waals surface area contributed by atoms with Gasteiger partial charge in [-0.15, -0.1) is 16.4 Å². The smallest absolute Gasteiger partial charge is 0.209 e. The molecule has 4 nitrogen and oxygen atoms in total. The highest BCUT2D eigenvalue weighted by atomic mass is 32.1. The molecule has 3 aromatic rings. The molecule has 0 unspecified atom stereocenters. The second-order valence-electron chi connectivity index (χ2n) is 6.72. The molecule has 1 aliphatic rings. The minimum Gasteiger partial charge on any atom is -0.330 e. The van der Waals surface area contributed by atoms with Crippen molar-refractivity contribution in [3.8, 4) is 0 Å². The lowest BCUT2D eigenvalue weighted by Gasteiger charge is -2.23. The molecule has 1 aromatic carbocycles. The van der Waals surface area contributed by atoms with E-state index in [2.05, 4.69) is 59.8 Å². The van der Waals surface area contributed by atoms with E-state index in [9.17, 15) is 0 Å². The largest absolute Gasteiger partial charge is 0.330 e. The van der Waals surface area contributed by atoms with Gasteiger partial charge in [0.05, 0.1) is 6.67 Å². The lowest BCUT2D eigenvalue weighted by Crippen LogP contribution is -2.26. The number of benzene rings is 1. The summed E-state index contributed by atoms with van der Waals surface area (Å²) in [7, 11) is 0. The van der Waals surface area contributed by atoms with Gasteiger partial charge in [-0.05, 0) is 73.6 Å². The number of hydrogen-bond acceptors (Lipinski definition) is 6. The molecular formula is C19H22N4S3. The lowest BCUT2D eigenvalue weighted by atomic mass is 10.1. The Balaban J connectivity index is 1.49. The van der Waals surface area contributed by atoms with Crippen molar-refractivity contribution in [3.63, 3.8) is 0 Å². The van der Waals surface area contributed by atoms with Crippen molar-refractivity contribution in [2.24, 2.45) is 0 Å². The van der Waals surface area contributed by atoms with Crippen LogP contribution in [-0.4, -0.2) is 21.2 Å². The summed E-state index contributed by atoms with van der Waals surface area (Å²) in [6.07, 6.45) is 2.44. The number of hydrogen-bond donors (Lipinski definition) is 1. The molecule has 0 aliphatic carbocycles. The topological polar surface area (TPSA) is 33.1 Å². The van der Waals surface area contributed by atoms with Crippen LogP contribution in [0.2, 0.25) is 0 Å². The van der Waals surface area contributed by atoms with Gasteiger partial charge in [0.1, 0.15) is 0 Å². The Morgan fingerprint density at radius 2 is 2.15 bits per heavy atom. The number of thiophene rings is 1. The fourth-order valence-corrected chi connectivity index (χ4v) is 5.27. The summed E-state index contributed by atoms with van der Waals surface area (Å²) < 4.78 is 2.77. The summed E-state index contributed by atoms with van der Waals surface area (Å²) in [4.78, 5) is 3.93. The predicted molar refractivity (Wildman–Crippen MR) is 113 cm³/mol. The Hall–Kier alpha value is -1.54. The molecule has 136 valence electrons. The zero-order valence-electron chi connectivity index (χ0n) is 14.9. The van der Waals surface area contributed by atoms with Crippen LogP contribution in [0.3, 0.4) is 0 Å². The van der Waals surface area contributed by atoms with Gasteiger partial charge >= 0.3 is 0 Å². The van der Waals surface area contributed by atoms with Crippen LogP contribution in [0.4, 0.5) is 10.8 Å². The second-order valence-corrected chi connectivity index (χ2v) is 9.33. The van der Waals surface area contributed by atoms with E-state index in [0.29, 0.717) is 6.04 Å². The number of nitrogens with one attached hydrogen (secondary N) is 1. The van der Waals surface area contributed by atoms with E-state index in [1.807, 2.05) is 16.0 Å². The summed E-state index contributed by atoms with van der Waals surface area (Å²) in [5, 5.41) is 11.1. The second kappa shape index (κ2) is 7.60. The monoisotopic (exact) mass is 402 g/mol. The Morgan fingerprint density at radius 3 is 2.92 bits per heavy atom. The van der Waals surface area contributed by atoms with Crippen LogP contribution >= 0.6 is 34.9 Å². The fourth-order valence-electron chi connectivity index (χ4n) is 3.36. The maximum atomic E-state index is 5.56. The Morgan fingerprint density at radius 1 is 1.27 bits per heavy atom. The molecule has 1 N–H and O–H groups in total. The molecule has 0 saturated carbocycles. The number of rotatable bonds is 5. The van der Waals surface area contributed by atoms with Crippen LogP contribution in [0.5, 0.6) is 0 Å². The standard InChI is InChI=1S/C19H22N4S3/c1-13-7-8-15(11-14(13)2)20-18-21-23(19(24)26-18)12-22-9-3-5-16(22)17-6-4-10-25-17/h4,6-8,10-11,16H,3,5,9,12H2,1-2H3,(H,20,21)/t16-/m0/s1. The Kier molecular flexibility index (Phi) is 5.22. The summed E-state index contributed by atoms with van der Waals surface area (Å²) in [6, 6.07) is 11.2. The molecule has 4 rings (SSSR count). The maximum Gasteiger partial charge on any atom is 0.209 e. The molecule has 1 atom stereocenters. The average molecular weight is 403 g/mol. The van der Waals surface area contributed by atoms with Gasteiger partial charge in [0.2, 0.25) is 5.13 Å². The highest BCUT2D eigenvalue weighted by Gasteiger charge is 2.27. The summed E-state index contributed by atoms with van der Waals surface area (Å²) in [5.74, 6) is 0. The molecular weight excluding hydrogens is 380 g/mol. The van der Waals surface area contributed by atoms with Crippen LogP contribution in [-0.2, 0) is 6.67 Å². The molecule has 0 bridgehead atoms. The van der Waals surface area contributed by atoms with Gasteiger partial charge < -0.3 is 5.32 Å². The van der Waals surface area contributed by atoms with E-state index < -0.39 is 0 Å². The zero-order chi connectivity index (χ0) is 18.1. The normalized spacial score (nSPS) is 17.7. The van der Waals surface area contributed by atoms with Crippen molar-refractivity contribution in [3.05, 3.63) is 55.7 Å². The van der Waals surface area contributed by atoms with E-state index in [1.54, 1.807) is 0 Å². The molecule has 2 aromatic heterocycles. The third kappa shape index (κ3) is 3.76. The van der Waals surface area contributed by atoms with Crippen molar-refractivity contribution in [1.29, 1.82) is 0 Å². The minimum atomic E-state index is 0.495. The number of anilines is 2. The van der Waals surface area contributed by atoms with E-state index in [1.165, 1.54) is 40.2 Å². The first-order valence-corrected chi connectivity index (χ1v) is 10.9. The third-order valence-electron chi connectivity index (χ3n) is 4.92. The summed E-state index contributed by atoms with van der Waals surface area (Å²) in [6.45, 7) is 6.10. The Labute approximate surface area is 167 Å². The molecule has 1 saturated heterocycles. The van der Waals surface area contributed by atoms with Crippen LogP contribution < -0.4 is 5.32 Å². The molecule has 26 heavy (non-hydrogen) atoms. The fraction of sp³-hybridized carbons (Fsp3) is 0.368. The van der Waals surface area contributed by atoms with Gasteiger partial charge in [-0.3, -0.25) is 4.90 Å². The van der Waals surface area contributed by atoms with Crippen LogP contribution in [0.1, 0.15) is 34.9 Å². The third-order valence-corrected chi connectivity index (χ3v) is 7.11. The molecule has 0 amide bonds. The average Bonchev–Trinajstić information content (AvgIpc) is 3.33. The highest BCUT2D eigenvalue weighted by Crippen LogP contribution is 2.35. The van der Waals surface area contributed by atoms with Gasteiger partial charge in [-0.1, -0.05) is 23.5 Å². The van der Waals surface area contributed by atoms with E-state index in [-0.39, 0.29) is 0 Å².